The van der Waals surface area contributed by atoms with E-state index in [0.717, 1.165) is 45.2 Å². The van der Waals surface area contributed by atoms with Crippen molar-refractivity contribution in [1.82, 2.24) is 10.6 Å². The second kappa shape index (κ2) is 9.66. The molecule has 1 saturated heterocycles. The number of aliphatic imine (C=N–C) groups is 1. The average Bonchev–Trinajstić information content (AvgIpc) is 2.44. The number of nitrogens with one attached hydrogen (secondary N) is 2. The van der Waals surface area contributed by atoms with Gasteiger partial charge in [0, 0.05) is 18.5 Å². The lowest BCUT2D eigenvalue weighted by atomic mass is 9.89. The molecule has 2 aliphatic rings. The summed E-state index contributed by atoms with van der Waals surface area (Å²) < 4.78 is 5.27. The lowest BCUT2D eigenvalue weighted by Crippen LogP contribution is -2.44. The van der Waals surface area contributed by atoms with Crippen molar-refractivity contribution in [3.63, 3.8) is 0 Å². The minimum Gasteiger partial charge on any atom is -0.380 e. The van der Waals surface area contributed by atoms with Crippen LogP contribution in [0.4, 0.5) is 0 Å². The highest BCUT2D eigenvalue weighted by Crippen LogP contribution is 2.26. The maximum Gasteiger partial charge on any atom is 0.191 e. The van der Waals surface area contributed by atoms with E-state index < -0.39 is 0 Å². The molecular weight excluding hydrogens is 377 g/mol. The van der Waals surface area contributed by atoms with E-state index >= 15 is 0 Å². The first-order valence-electron chi connectivity index (χ1n) is 8.00. The number of halogens is 1. The van der Waals surface area contributed by atoms with Crippen molar-refractivity contribution < 1.29 is 4.74 Å². The zero-order valence-corrected chi connectivity index (χ0v) is 15.7. The molecule has 0 atom stereocenters. The summed E-state index contributed by atoms with van der Waals surface area (Å²) in [5, 5.41) is 6.77. The third-order valence-corrected chi connectivity index (χ3v) is 3.99. The molecule has 21 heavy (non-hydrogen) atoms. The van der Waals surface area contributed by atoms with Crippen LogP contribution in [0.2, 0.25) is 0 Å². The monoisotopic (exact) mass is 407 g/mol. The fourth-order valence-electron chi connectivity index (χ4n) is 2.63. The largest absolute Gasteiger partial charge is 0.380 e. The van der Waals surface area contributed by atoms with Crippen LogP contribution in [0, 0.1) is 5.41 Å². The third-order valence-electron chi connectivity index (χ3n) is 3.99. The number of nitrogens with zero attached hydrogens (tertiary/aromatic N) is 1. The molecule has 1 fully saturated rings. The standard InChI is InChI=1S/C16H29N3O.HI/c1-3-17-15(19-11-16(2)12-20-13-16)18-10-9-14-7-5-4-6-8-14;/h7H,3-6,8-13H2,1-2H3,(H2,17,18,19);1H. The smallest absolute Gasteiger partial charge is 0.191 e. The number of ether oxygens (including phenoxy) is 1. The van der Waals surface area contributed by atoms with Crippen LogP contribution in [0.5, 0.6) is 0 Å². The Morgan fingerprint density at radius 3 is 2.71 bits per heavy atom. The summed E-state index contributed by atoms with van der Waals surface area (Å²) in [7, 11) is 0. The molecule has 1 aliphatic carbocycles. The van der Waals surface area contributed by atoms with Crippen LogP contribution in [0.1, 0.15) is 46.0 Å². The van der Waals surface area contributed by atoms with Crippen molar-refractivity contribution in [3.05, 3.63) is 11.6 Å². The van der Waals surface area contributed by atoms with Crippen LogP contribution < -0.4 is 10.6 Å². The summed E-state index contributed by atoms with van der Waals surface area (Å²) in [4.78, 5) is 4.68. The van der Waals surface area contributed by atoms with E-state index in [1.165, 1.54) is 25.7 Å². The lowest BCUT2D eigenvalue weighted by molar-refractivity contribution is -0.0945. The third kappa shape index (κ3) is 6.55. The van der Waals surface area contributed by atoms with Crippen LogP contribution in [0.25, 0.3) is 0 Å². The van der Waals surface area contributed by atoms with Crippen molar-refractivity contribution in [3.8, 4) is 0 Å². The first-order chi connectivity index (χ1) is 9.72. The molecule has 5 heteroatoms. The second-order valence-electron chi connectivity index (χ2n) is 6.28. The number of rotatable bonds is 6. The van der Waals surface area contributed by atoms with Crippen LogP contribution in [0.15, 0.2) is 16.6 Å². The lowest BCUT2D eigenvalue weighted by Gasteiger charge is -2.36. The number of hydrogen-bond acceptors (Lipinski definition) is 2. The zero-order chi connectivity index (χ0) is 14.3. The second-order valence-corrected chi connectivity index (χ2v) is 6.28. The molecule has 0 spiro atoms. The topological polar surface area (TPSA) is 45.7 Å². The normalized spacial score (nSPS) is 20.9. The molecular formula is C16H30IN3O. The highest BCUT2D eigenvalue weighted by molar-refractivity contribution is 14.0. The first-order valence-corrected chi connectivity index (χ1v) is 8.00. The molecule has 1 heterocycles. The maximum absolute atomic E-state index is 5.27. The van der Waals surface area contributed by atoms with E-state index in [1.807, 2.05) is 0 Å². The van der Waals surface area contributed by atoms with Crippen LogP contribution in [0.3, 0.4) is 0 Å². The SMILES string of the molecule is CCNC(=NCC1(C)COC1)NCCC1=CCCCC1.I. The average molecular weight is 407 g/mol. The molecule has 0 aromatic rings. The molecule has 4 nitrogen and oxygen atoms in total. The van der Waals surface area contributed by atoms with Crippen molar-refractivity contribution in [2.45, 2.75) is 46.0 Å². The summed E-state index contributed by atoms with van der Waals surface area (Å²) >= 11 is 0. The van der Waals surface area contributed by atoms with Gasteiger partial charge >= 0.3 is 0 Å². The van der Waals surface area contributed by atoms with E-state index in [1.54, 1.807) is 5.57 Å². The molecule has 0 aromatic carbocycles. The van der Waals surface area contributed by atoms with Gasteiger partial charge in [-0.3, -0.25) is 4.99 Å². The van der Waals surface area contributed by atoms with Crippen molar-refractivity contribution in [2.75, 3.05) is 32.8 Å². The van der Waals surface area contributed by atoms with Gasteiger partial charge in [-0.05, 0) is 39.0 Å². The molecule has 0 unspecified atom stereocenters. The first kappa shape index (κ1) is 18.7. The number of hydrogen-bond donors (Lipinski definition) is 2. The van der Waals surface area contributed by atoms with E-state index in [0.29, 0.717) is 0 Å². The quantitative estimate of drug-likeness (QED) is 0.308. The van der Waals surface area contributed by atoms with Crippen LogP contribution in [-0.2, 0) is 4.74 Å². The highest BCUT2D eigenvalue weighted by Gasteiger charge is 2.33. The van der Waals surface area contributed by atoms with Gasteiger partial charge in [-0.1, -0.05) is 18.6 Å². The minimum absolute atomic E-state index is 0. The van der Waals surface area contributed by atoms with Crippen LogP contribution >= 0.6 is 24.0 Å². The molecule has 2 rings (SSSR count). The van der Waals surface area contributed by atoms with Crippen LogP contribution in [-0.4, -0.2) is 38.8 Å². The molecule has 2 N–H and O–H groups in total. The fraction of sp³-hybridized carbons (Fsp3) is 0.812. The van der Waals surface area contributed by atoms with E-state index in [9.17, 15) is 0 Å². The molecule has 0 radical (unpaired) electrons. The summed E-state index contributed by atoms with van der Waals surface area (Å²) in [6.45, 7) is 8.73. The van der Waals surface area contributed by atoms with Gasteiger partial charge in [0.15, 0.2) is 5.96 Å². The molecule has 0 saturated carbocycles. The Labute approximate surface area is 146 Å². The summed E-state index contributed by atoms with van der Waals surface area (Å²) in [5.41, 5.74) is 1.85. The predicted molar refractivity (Wildman–Crippen MR) is 99.5 cm³/mol. The van der Waals surface area contributed by atoms with E-state index in [2.05, 4.69) is 35.5 Å². The van der Waals surface area contributed by atoms with Gasteiger partial charge in [0.1, 0.15) is 0 Å². The summed E-state index contributed by atoms with van der Waals surface area (Å²) in [5.74, 6) is 0.942. The maximum atomic E-state index is 5.27. The van der Waals surface area contributed by atoms with Gasteiger partial charge in [0.25, 0.3) is 0 Å². The molecule has 1 aliphatic heterocycles. The van der Waals surface area contributed by atoms with Gasteiger partial charge in [0.05, 0.1) is 19.8 Å². The molecule has 0 aromatic heterocycles. The van der Waals surface area contributed by atoms with Gasteiger partial charge in [-0.2, -0.15) is 0 Å². The van der Waals surface area contributed by atoms with Crippen molar-refractivity contribution in [1.29, 1.82) is 0 Å². The highest BCUT2D eigenvalue weighted by atomic mass is 127. The molecule has 0 amide bonds. The van der Waals surface area contributed by atoms with Gasteiger partial charge in [-0.15, -0.1) is 24.0 Å². The van der Waals surface area contributed by atoms with E-state index in [-0.39, 0.29) is 29.4 Å². The minimum atomic E-state index is 0. The fourth-order valence-corrected chi connectivity index (χ4v) is 2.63. The predicted octanol–water partition coefficient (Wildman–Crippen LogP) is 3.09. The van der Waals surface area contributed by atoms with Crippen molar-refractivity contribution >= 4 is 29.9 Å². The molecule has 0 bridgehead atoms. The Bertz CT molecular complexity index is 365. The molecule has 122 valence electrons. The summed E-state index contributed by atoms with van der Waals surface area (Å²) in [6.07, 6.45) is 8.83. The van der Waals surface area contributed by atoms with Gasteiger partial charge in [0.2, 0.25) is 0 Å². The Hall–Kier alpha value is -0.300. The summed E-state index contributed by atoms with van der Waals surface area (Å²) in [6, 6.07) is 0. The Balaban J connectivity index is 0.00000220. The Morgan fingerprint density at radius 2 is 2.14 bits per heavy atom. The Morgan fingerprint density at radius 1 is 1.33 bits per heavy atom. The Kier molecular flexibility index (Phi) is 8.63. The number of allylic oxidation sites excluding steroid dienone is 1. The van der Waals surface area contributed by atoms with E-state index in [4.69, 9.17) is 4.74 Å². The van der Waals surface area contributed by atoms with Gasteiger partial charge in [-0.25, -0.2) is 0 Å². The number of guanidine groups is 1. The zero-order valence-electron chi connectivity index (χ0n) is 13.4. The van der Waals surface area contributed by atoms with Gasteiger partial charge < -0.3 is 15.4 Å². The van der Waals surface area contributed by atoms with Crippen molar-refractivity contribution in [2.24, 2.45) is 10.4 Å².